The number of rotatable bonds is 5. The minimum absolute atomic E-state index is 0.0372. The Morgan fingerprint density at radius 2 is 2.00 bits per heavy atom. The number of aliphatic hydroxyl groups is 1. The molecule has 2 aromatic rings. The smallest absolute Gasteiger partial charge is 0.224 e. The number of aliphatic hydroxyl groups excluding tert-OH is 1. The van der Waals surface area contributed by atoms with Crippen LogP contribution in [-0.4, -0.2) is 34.5 Å². The van der Waals surface area contributed by atoms with Crippen molar-refractivity contribution < 1.29 is 14.6 Å². The van der Waals surface area contributed by atoms with Gasteiger partial charge >= 0.3 is 0 Å². The van der Waals surface area contributed by atoms with Gasteiger partial charge in [-0.2, -0.15) is 0 Å². The Balaban J connectivity index is 1.27. The van der Waals surface area contributed by atoms with E-state index in [4.69, 9.17) is 27.9 Å². The van der Waals surface area contributed by atoms with Crippen LogP contribution >= 0.6 is 35.0 Å². The first-order chi connectivity index (χ1) is 13.5. The van der Waals surface area contributed by atoms with Gasteiger partial charge in [-0.3, -0.25) is 4.79 Å². The molecule has 0 aromatic heterocycles. The Kier molecular flexibility index (Phi) is 5.83. The molecular formula is C20H18Cl2N2O3S. The maximum atomic E-state index is 11.4. The molecule has 0 unspecified atom stereocenters. The van der Waals surface area contributed by atoms with Crippen molar-refractivity contribution in [1.29, 1.82) is 0 Å². The van der Waals surface area contributed by atoms with Gasteiger partial charge in [-0.05, 0) is 47.9 Å². The first-order valence-corrected chi connectivity index (χ1v) is 10.6. The van der Waals surface area contributed by atoms with Crippen molar-refractivity contribution in [2.45, 2.75) is 25.4 Å². The van der Waals surface area contributed by atoms with Crippen LogP contribution < -0.4 is 10.1 Å². The fourth-order valence-corrected chi connectivity index (χ4v) is 4.37. The second-order valence-corrected chi connectivity index (χ2v) is 8.63. The number of amides is 1. The average Bonchev–Trinajstić information content (AvgIpc) is 3.06. The molecule has 8 heteroatoms. The Morgan fingerprint density at radius 1 is 1.18 bits per heavy atom. The van der Waals surface area contributed by atoms with E-state index in [0.29, 0.717) is 40.8 Å². The zero-order chi connectivity index (χ0) is 19.7. The number of thioether (sulfide) groups is 1. The van der Waals surface area contributed by atoms with E-state index in [2.05, 4.69) is 10.3 Å². The molecule has 2 aliphatic rings. The lowest BCUT2D eigenvalue weighted by atomic mass is 10.0. The van der Waals surface area contributed by atoms with Crippen LogP contribution in [0.4, 0.5) is 11.4 Å². The number of hydrogen-bond donors (Lipinski definition) is 2. The van der Waals surface area contributed by atoms with Crippen LogP contribution in [0.1, 0.15) is 17.5 Å². The minimum Gasteiger partial charge on any atom is -0.491 e. The van der Waals surface area contributed by atoms with Gasteiger partial charge in [0.25, 0.3) is 0 Å². The zero-order valence-corrected chi connectivity index (χ0v) is 17.2. The maximum Gasteiger partial charge on any atom is 0.224 e. The highest BCUT2D eigenvalue weighted by Gasteiger charge is 2.19. The summed E-state index contributed by atoms with van der Waals surface area (Å²) in [5.74, 6) is 1.21. The number of aryl methyl sites for hydroxylation is 1. The summed E-state index contributed by atoms with van der Waals surface area (Å²) < 4.78 is 5.72. The van der Waals surface area contributed by atoms with Crippen molar-refractivity contribution in [3.8, 4) is 5.75 Å². The van der Waals surface area contributed by atoms with Crippen molar-refractivity contribution in [1.82, 2.24) is 0 Å². The monoisotopic (exact) mass is 436 g/mol. The summed E-state index contributed by atoms with van der Waals surface area (Å²) in [4.78, 5) is 16.0. The third-order valence-electron chi connectivity index (χ3n) is 4.57. The Morgan fingerprint density at radius 3 is 2.86 bits per heavy atom. The zero-order valence-electron chi connectivity index (χ0n) is 14.9. The fourth-order valence-electron chi connectivity index (χ4n) is 3.13. The van der Waals surface area contributed by atoms with E-state index in [-0.39, 0.29) is 12.5 Å². The molecule has 0 spiro atoms. The largest absolute Gasteiger partial charge is 0.491 e. The molecule has 4 rings (SSSR count). The summed E-state index contributed by atoms with van der Waals surface area (Å²) in [5.41, 5.74) is 3.77. The second kappa shape index (κ2) is 8.33. The molecule has 0 aliphatic carbocycles. The van der Waals surface area contributed by atoms with E-state index in [9.17, 15) is 9.90 Å². The molecule has 0 fully saturated rings. The quantitative estimate of drug-likeness (QED) is 0.715. The van der Waals surface area contributed by atoms with Crippen molar-refractivity contribution in [3.05, 3.63) is 51.5 Å². The number of aliphatic imine (C=N–C) groups is 1. The molecule has 2 aliphatic heterocycles. The number of nitrogens with one attached hydrogen (secondary N) is 1. The van der Waals surface area contributed by atoms with E-state index in [1.807, 2.05) is 18.2 Å². The van der Waals surface area contributed by atoms with E-state index in [1.54, 1.807) is 12.1 Å². The molecule has 2 N–H and O–H groups in total. The molecule has 1 amide bonds. The molecule has 5 nitrogen and oxygen atoms in total. The molecule has 146 valence electrons. The highest BCUT2D eigenvalue weighted by molar-refractivity contribution is 8.14. The summed E-state index contributed by atoms with van der Waals surface area (Å²) in [7, 11) is 0. The number of anilines is 1. The first kappa shape index (κ1) is 19.6. The van der Waals surface area contributed by atoms with Crippen LogP contribution in [0, 0.1) is 0 Å². The van der Waals surface area contributed by atoms with E-state index in [1.165, 1.54) is 11.8 Å². The lowest BCUT2D eigenvalue weighted by molar-refractivity contribution is -0.116. The number of carbonyl (C=O) groups excluding carboxylic acids is 1. The minimum atomic E-state index is -0.626. The van der Waals surface area contributed by atoms with Crippen LogP contribution in [0.15, 0.2) is 35.3 Å². The normalized spacial score (nSPS) is 16.1. The van der Waals surface area contributed by atoms with Crippen LogP contribution in [0.25, 0.3) is 0 Å². The SMILES string of the molecule is O=C1CCc2cc(OC[C@@H](O)CSC3=Nc4cc(Cl)c(Cl)cc4C3)ccc2N1. The van der Waals surface area contributed by atoms with Crippen molar-refractivity contribution in [2.75, 3.05) is 17.7 Å². The summed E-state index contributed by atoms with van der Waals surface area (Å²) >= 11 is 13.6. The number of ether oxygens (including phenoxy) is 1. The molecule has 0 saturated heterocycles. The number of benzene rings is 2. The first-order valence-electron chi connectivity index (χ1n) is 8.90. The van der Waals surface area contributed by atoms with Gasteiger partial charge in [0.1, 0.15) is 12.4 Å². The summed E-state index contributed by atoms with van der Waals surface area (Å²) in [5, 5.41) is 15.0. The molecule has 28 heavy (non-hydrogen) atoms. The Bertz CT molecular complexity index is 965. The van der Waals surface area contributed by atoms with Crippen LogP contribution in [-0.2, 0) is 17.6 Å². The number of hydrogen-bond acceptors (Lipinski definition) is 5. The van der Waals surface area contributed by atoms with Crippen LogP contribution in [0.2, 0.25) is 10.0 Å². The van der Waals surface area contributed by atoms with Gasteiger partial charge in [-0.1, -0.05) is 23.2 Å². The number of carbonyl (C=O) groups is 1. The standard InChI is InChI=1S/C20H18Cl2N2O3S/c21-15-6-12-7-20(24-18(12)8-16(15)22)28-10-13(25)9-27-14-2-3-17-11(5-14)1-4-19(26)23-17/h2-3,5-6,8,13,25H,1,4,7,9-10H2,(H,23,26)/t13-/m1/s1. The molecule has 0 radical (unpaired) electrons. The van der Waals surface area contributed by atoms with E-state index >= 15 is 0 Å². The fraction of sp³-hybridized carbons (Fsp3) is 0.300. The van der Waals surface area contributed by atoms with Gasteiger partial charge in [0.05, 0.1) is 26.9 Å². The Hall–Kier alpha value is -1.73. The van der Waals surface area contributed by atoms with Gasteiger partial charge in [0, 0.05) is 24.3 Å². The topological polar surface area (TPSA) is 70.9 Å². The van der Waals surface area contributed by atoms with E-state index in [0.717, 1.165) is 27.5 Å². The summed E-state index contributed by atoms with van der Waals surface area (Å²) in [6, 6.07) is 9.16. The second-order valence-electron chi connectivity index (χ2n) is 6.72. The maximum absolute atomic E-state index is 11.4. The average molecular weight is 437 g/mol. The highest BCUT2D eigenvalue weighted by atomic mass is 35.5. The number of halogens is 2. The van der Waals surface area contributed by atoms with Crippen molar-refractivity contribution >= 4 is 57.3 Å². The van der Waals surface area contributed by atoms with Crippen LogP contribution in [0.5, 0.6) is 5.75 Å². The number of fused-ring (bicyclic) bond motifs is 2. The van der Waals surface area contributed by atoms with Gasteiger partial charge in [-0.15, -0.1) is 11.8 Å². The lowest BCUT2D eigenvalue weighted by Crippen LogP contribution is -2.21. The van der Waals surface area contributed by atoms with Crippen LogP contribution in [0.3, 0.4) is 0 Å². The molecular weight excluding hydrogens is 419 g/mol. The third-order valence-corrected chi connectivity index (χ3v) is 6.41. The summed E-state index contributed by atoms with van der Waals surface area (Å²) in [6.45, 7) is 0.191. The Labute approximate surface area is 177 Å². The predicted octanol–water partition coefficient (Wildman–Crippen LogP) is 4.64. The van der Waals surface area contributed by atoms with Gasteiger partial charge < -0.3 is 15.2 Å². The molecule has 1 atom stereocenters. The van der Waals surface area contributed by atoms with Gasteiger partial charge in [0.15, 0.2) is 0 Å². The molecule has 2 heterocycles. The third kappa shape index (κ3) is 4.46. The molecule has 2 aromatic carbocycles. The number of nitrogens with zero attached hydrogens (tertiary/aromatic N) is 1. The summed E-state index contributed by atoms with van der Waals surface area (Å²) in [6.07, 6.45) is 1.25. The highest BCUT2D eigenvalue weighted by Crippen LogP contribution is 2.36. The molecule has 0 saturated carbocycles. The van der Waals surface area contributed by atoms with E-state index < -0.39 is 6.10 Å². The predicted molar refractivity (Wildman–Crippen MR) is 115 cm³/mol. The van der Waals surface area contributed by atoms with Crippen molar-refractivity contribution in [2.24, 2.45) is 4.99 Å². The van der Waals surface area contributed by atoms with Crippen molar-refractivity contribution in [3.63, 3.8) is 0 Å². The van der Waals surface area contributed by atoms with Gasteiger partial charge in [-0.25, -0.2) is 4.99 Å². The molecule has 0 bridgehead atoms. The lowest BCUT2D eigenvalue weighted by Gasteiger charge is -2.18. The van der Waals surface area contributed by atoms with Gasteiger partial charge in [0.2, 0.25) is 5.91 Å².